The van der Waals surface area contributed by atoms with Crippen molar-refractivity contribution in [2.45, 2.75) is 13.3 Å². The maximum atomic E-state index is 4.39. The van der Waals surface area contributed by atoms with Crippen LogP contribution in [0.3, 0.4) is 0 Å². The second-order valence-corrected chi connectivity index (χ2v) is 3.67. The molecule has 0 saturated heterocycles. The second-order valence-electron chi connectivity index (χ2n) is 3.67. The van der Waals surface area contributed by atoms with E-state index in [1.165, 1.54) is 16.5 Å². The largest absolute Gasteiger partial charge is 0.256 e. The van der Waals surface area contributed by atoms with Crippen molar-refractivity contribution < 1.29 is 0 Å². The number of pyridine rings is 1. The van der Waals surface area contributed by atoms with Gasteiger partial charge < -0.3 is 0 Å². The highest BCUT2D eigenvalue weighted by molar-refractivity contribution is 5.78. The van der Waals surface area contributed by atoms with Crippen LogP contribution in [-0.4, -0.2) is 4.98 Å². The number of benzene rings is 1. The zero-order chi connectivity index (χ0) is 9.97. The van der Waals surface area contributed by atoms with Crippen molar-refractivity contribution in [1.29, 1.82) is 0 Å². The fourth-order valence-corrected chi connectivity index (χ4v) is 1.56. The van der Waals surface area contributed by atoms with Crippen LogP contribution in [0.5, 0.6) is 0 Å². The SMILES string of the molecule is C=C(C)Cc1cnc2ccccc2c1. The Labute approximate surface area is 84.1 Å². The number of rotatable bonds is 2. The van der Waals surface area contributed by atoms with E-state index < -0.39 is 0 Å². The molecule has 0 unspecified atom stereocenters. The van der Waals surface area contributed by atoms with Gasteiger partial charge in [-0.3, -0.25) is 4.98 Å². The summed E-state index contributed by atoms with van der Waals surface area (Å²) in [7, 11) is 0. The summed E-state index contributed by atoms with van der Waals surface area (Å²) in [5, 5.41) is 1.20. The molecule has 0 saturated carbocycles. The van der Waals surface area contributed by atoms with Gasteiger partial charge >= 0.3 is 0 Å². The molecule has 0 fully saturated rings. The topological polar surface area (TPSA) is 12.9 Å². The third-order valence-corrected chi connectivity index (χ3v) is 2.15. The maximum absolute atomic E-state index is 4.39. The van der Waals surface area contributed by atoms with E-state index in [0.717, 1.165) is 11.9 Å². The molecule has 0 atom stereocenters. The molecular weight excluding hydrogens is 170 g/mol. The summed E-state index contributed by atoms with van der Waals surface area (Å²) in [6.07, 6.45) is 2.84. The Kier molecular flexibility index (Phi) is 2.32. The van der Waals surface area contributed by atoms with Crippen molar-refractivity contribution in [3.8, 4) is 0 Å². The molecular formula is C13H13N. The summed E-state index contributed by atoms with van der Waals surface area (Å²) >= 11 is 0. The zero-order valence-corrected chi connectivity index (χ0v) is 8.33. The van der Waals surface area contributed by atoms with Crippen molar-refractivity contribution >= 4 is 10.9 Å². The first kappa shape index (κ1) is 8.95. The van der Waals surface area contributed by atoms with Gasteiger partial charge in [0, 0.05) is 11.6 Å². The van der Waals surface area contributed by atoms with Gasteiger partial charge in [-0.05, 0) is 31.0 Å². The van der Waals surface area contributed by atoms with E-state index >= 15 is 0 Å². The third-order valence-electron chi connectivity index (χ3n) is 2.15. The molecule has 70 valence electrons. The van der Waals surface area contributed by atoms with Gasteiger partial charge in [0.05, 0.1) is 5.52 Å². The Hall–Kier alpha value is -1.63. The van der Waals surface area contributed by atoms with Gasteiger partial charge in [-0.25, -0.2) is 0 Å². The molecule has 0 spiro atoms. The molecule has 14 heavy (non-hydrogen) atoms. The molecule has 1 aromatic heterocycles. The predicted molar refractivity (Wildman–Crippen MR) is 60.3 cm³/mol. The van der Waals surface area contributed by atoms with Crippen LogP contribution in [0.1, 0.15) is 12.5 Å². The monoisotopic (exact) mass is 183 g/mol. The van der Waals surface area contributed by atoms with E-state index in [4.69, 9.17) is 0 Å². The molecule has 0 N–H and O–H groups in total. The molecule has 0 bridgehead atoms. The van der Waals surface area contributed by atoms with Crippen molar-refractivity contribution in [2.75, 3.05) is 0 Å². The summed E-state index contributed by atoms with van der Waals surface area (Å²) in [5.41, 5.74) is 3.45. The van der Waals surface area contributed by atoms with E-state index in [9.17, 15) is 0 Å². The minimum Gasteiger partial charge on any atom is -0.256 e. The van der Waals surface area contributed by atoms with Crippen LogP contribution in [0.4, 0.5) is 0 Å². The first-order chi connectivity index (χ1) is 6.75. The van der Waals surface area contributed by atoms with E-state index in [1.54, 1.807) is 0 Å². The molecule has 0 aliphatic heterocycles. The fourth-order valence-electron chi connectivity index (χ4n) is 1.56. The lowest BCUT2D eigenvalue weighted by Gasteiger charge is -2.02. The molecule has 0 amide bonds. The Morgan fingerprint density at radius 2 is 2.14 bits per heavy atom. The summed E-state index contributed by atoms with van der Waals surface area (Å²) in [5.74, 6) is 0. The van der Waals surface area contributed by atoms with E-state index in [0.29, 0.717) is 0 Å². The van der Waals surface area contributed by atoms with E-state index in [-0.39, 0.29) is 0 Å². The molecule has 0 aliphatic carbocycles. The second kappa shape index (κ2) is 3.62. The van der Waals surface area contributed by atoms with Gasteiger partial charge in [-0.1, -0.05) is 30.4 Å². The molecule has 2 aromatic rings. The Morgan fingerprint density at radius 3 is 2.93 bits per heavy atom. The minimum atomic E-state index is 0.915. The normalized spacial score (nSPS) is 10.4. The van der Waals surface area contributed by atoms with Crippen molar-refractivity contribution in [1.82, 2.24) is 4.98 Å². The maximum Gasteiger partial charge on any atom is 0.0702 e. The Balaban J connectivity index is 2.46. The number of para-hydroxylation sites is 1. The lowest BCUT2D eigenvalue weighted by Crippen LogP contribution is -1.88. The number of allylic oxidation sites excluding steroid dienone is 1. The Bertz CT molecular complexity index is 471. The summed E-state index contributed by atoms with van der Waals surface area (Å²) in [4.78, 5) is 4.39. The van der Waals surface area contributed by atoms with E-state index in [2.05, 4.69) is 23.7 Å². The molecule has 1 heterocycles. The average Bonchev–Trinajstić information content (AvgIpc) is 2.17. The zero-order valence-electron chi connectivity index (χ0n) is 8.33. The fraction of sp³-hybridized carbons (Fsp3) is 0.154. The number of fused-ring (bicyclic) bond motifs is 1. The summed E-state index contributed by atoms with van der Waals surface area (Å²) < 4.78 is 0. The highest BCUT2D eigenvalue weighted by Gasteiger charge is 1.97. The average molecular weight is 183 g/mol. The lowest BCUT2D eigenvalue weighted by molar-refractivity contribution is 1.13. The lowest BCUT2D eigenvalue weighted by atomic mass is 10.1. The van der Waals surface area contributed by atoms with E-state index in [1.807, 2.05) is 31.3 Å². The molecule has 1 nitrogen and oxygen atoms in total. The highest BCUT2D eigenvalue weighted by Crippen LogP contribution is 2.14. The molecule has 2 rings (SSSR count). The van der Waals surface area contributed by atoms with Gasteiger partial charge in [0.1, 0.15) is 0 Å². The van der Waals surface area contributed by atoms with Crippen LogP contribution in [0, 0.1) is 0 Å². The standard InChI is InChI=1S/C13H13N/c1-10(2)7-11-8-12-5-3-4-6-13(12)14-9-11/h3-6,8-9H,1,7H2,2H3. The minimum absolute atomic E-state index is 0.915. The molecule has 1 aromatic carbocycles. The smallest absolute Gasteiger partial charge is 0.0702 e. The number of hydrogen-bond acceptors (Lipinski definition) is 1. The van der Waals surface area contributed by atoms with Gasteiger partial charge in [0.15, 0.2) is 0 Å². The quantitative estimate of drug-likeness (QED) is 0.650. The summed E-state index contributed by atoms with van der Waals surface area (Å²) in [6, 6.07) is 10.3. The van der Waals surface area contributed by atoms with Crippen LogP contribution >= 0.6 is 0 Å². The van der Waals surface area contributed by atoms with Crippen molar-refractivity contribution in [2.24, 2.45) is 0 Å². The van der Waals surface area contributed by atoms with Gasteiger partial charge in [0.25, 0.3) is 0 Å². The van der Waals surface area contributed by atoms with Crippen LogP contribution in [0.2, 0.25) is 0 Å². The molecule has 0 radical (unpaired) electrons. The van der Waals surface area contributed by atoms with Crippen LogP contribution in [0.25, 0.3) is 10.9 Å². The van der Waals surface area contributed by atoms with Gasteiger partial charge in [-0.15, -0.1) is 0 Å². The van der Waals surface area contributed by atoms with Gasteiger partial charge in [-0.2, -0.15) is 0 Å². The molecule has 1 heteroatoms. The third kappa shape index (κ3) is 1.82. The first-order valence-corrected chi connectivity index (χ1v) is 4.74. The van der Waals surface area contributed by atoms with Crippen molar-refractivity contribution in [3.63, 3.8) is 0 Å². The Morgan fingerprint density at radius 1 is 1.36 bits per heavy atom. The van der Waals surface area contributed by atoms with Crippen LogP contribution < -0.4 is 0 Å². The van der Waals surface area contributed by atoms with Crippen LogP contribution in [0.15, 0.2) is 48.7 Å². The highest BCUT2D eigenvalue weighted by atomic mass is 14.6. The van der Waals surface area contributed by atoms with Gasteiger partial charge in [0.2, 0.25) is 0 Å². The molecule has 0 aliphatic rings. The van der Waals surface area contributed by atoms with Crippen molar-refractivity contribution in [3.05, 3.63) is 54.2 Å². The van der Waals surface area contributed by atoms with Crippen LogP contribution in [-0.2, 0) is 6.42 Å². The summed E-state index contributed by atoms with van der Waals surface area (Å²) in [6.45, 7) is 5.94. The number of aromatic nitrogens is 1. The number of nitrogens with zero attached hydrogens (tertiary/aromatic N) is 1. The number of hydrogen-bond donors (Lipinski definition) is 0. The first-order valence-electron chi connectivity index (χ1n) is 4.74. The predicted octanol–water partition coefficient (Wildman–Crippen LogP) is 3.35.